The van der Waals surface area contributed by atoms with Crippen LogP contribution in [0, 0.1) is 11.8 Å². The molecule has 2 N–H and O–H groups in total. The summed E-state index contributed by atoms with van der Waals surface area (Å²) in [5, 5.41) is 5.92. The van der Waals surface area contributed by atoms with E-state index in [4.69, 9.17) is 0 Å². The van der Waals surface area contributed by atoms with Gasteiger partial charge in [-0.3, -0.25) is 4.79 Å². The minimum atomic E-state index is 0.00985. The van der Waals surface area contributed by atoms with Gasteiger partial charge in [-0.1, -0.05) is 31.5 Å². The number of rotatable bonds is 5. The molecule has 3 amide bonds. The van der Waals surface area contributed by atoms with Crippen molar-refractivity contribution in [3.63, 3.8) is 0 Å². The third-order valence-corrected chi connectivity index (χ3v) is 4.62. The molecule has 1 aromatic carbocycles. The first-order chi connectivity index (χ1) is 11.5. The number of para-hydroxylation sites is 1. The van der Waals surface area contributed by atoms with E-state index in [1.165, 1.54) is 0 Å². The average molecular weight is 331 g/mol. The highest BCUT2D eigenvalue weighted by molar-refractivity contribution is 5.90. The molecule has 0 spiro atoms. The SMILES string of the molecule is CC[C@@H]1CN(C(=O)NC(C)C)CC[C@H]1CC(=O)Nc1ccccc1. The molecule has 1 fully saturated rings. The second-order valence-electron chi connectivity index (χ2n) is 6.89. The number of anilines is 1. The van der Waals surface area contributed by atoms with Gasteiger partial charge in [0, 0.05) is 31.2 Å². The summed E-state index contributed by atoms with van der Waals surface area (Å²) >= 11 is 0. The number of piperidine rings is 1. The largest absolute Gasteiger partial charge is 0.336 e. The predicted molar refractivity (Wildman–Crippen MR) is 96.8 cm³/mol. The molecule has 1 aromatic rings. The summed E-state index contributed by atoms with van der Waals surface area (Å²) in [6.07, 6.45) is 2.38. The standard InChI is InChI=1S/C19H29N3O2/c1-4-15-13-22(19(24)20-14(2)3)11-10-16(15)12-18(23)21-17-8-6-5-7-9-17/h5-9,14-16H,4,10-13H2,1-3H3,(H,20,24)(H,21,23)/t15-,16+/m1/s1. The number of amides is 3. The van der Waals surface area contributed by atoms with Crippen LogP contribution >= 0.6 is 0 Å². The molecular formula is C19H29N3O2. The van der Waals surface area contributed by atoms with Crippen LogP contribution in [0.3, 0.4) is 0 Å². The van der Waals surface area contributed by atoms with Gasteiger partial charge in [0.15, 0.2) is 0 Å². The summed E-state index contributed by atoms with van der Waals surface area (Å²) < 4.78 is 0. The summed E-state index contributed by atoms with van der Waals surface area (Å²) in [5.74, 6) is 0.768. The van der Waals surface area contributed by atoms with Crippen molar-refractivity contribution in [2.24, 2.45) is 11.8 Å². The predicted octanol–water partition coefficient (Wildman–Crippen LogP) is 3.48. The van der Waals surface area contributed by atoms with Crippen LogP contribution in [0.1, 0.15) is 40.0 Å². The van der Waals surface area contributed by atoms with Gasteiger partial charge in [-0.05, 0) is 44.2 Å². The van der Waals surface area contributed by atoms with Gasteiger partial charge in [0.2, 0.25) is 5.91 Å². The third kappa shape index (κ3) is 5.25. The molecule has 0 radical (unpaired) electrons. The second kappa shape index (κ2) is 8.71. The molecular weight excluding hydrogens is 302 g/mol. The van der Waals surface area contributed by atoms with Crippen LogP contribution in [0.4, 0.5) is 10.5 Å². The first kappa shape index (κ1) is 18.3. The normalized spacial score (nSPS) is 20.8. The Balaban J connectivity index is 1.88. The van der Waals surface area contributed by atoms with E-state index in [1.807, 2.05) is 49.1 Å². The van der Waals surface area contributed by atoms with Gasteiger partial charge in [-0.2, -0.15) is 0 Å². The lowest BCUT2D eigenvalue weighted by Crippen LogP contribution is -2.49. The maximum Gasteiger partial charge on any atom is 0.317 e. The van der Waals surface area contributed by atoms with Crippen LogP contribution in [0.25, 0.3) is 0 Å². The quantitative estimate of drug-likeness (QED) is 0.868. The van der Waals surface area contributed by atoms with Crippen molar-refractivity contribution in [3.8, 4) is 0 Å². The number of benzene rings is 1. The second-order valence-corrected chi connectivity index (χ2v) is 6.89. The van der Waals surface area contributed by atoms with Crippen LogP contribution in [-0.4, -0.2) is 36.0 Å². The number of urea groups is 1. The van der Waals surface area contributed by atoms with E-state index in [9.17, 15) is 9.59 Å². The Hall–Kier alpha value is -2.04. The molecule has 2 rings (SSSR count). The van der Waals surface area contributed by atoms with E-state index in [-0.39, 0.29) is 18.0 Å². The average Bonchev–Trinajstić information content (AvgIpc) is 2.55. The molecule has 0 aliphatic carbocycles. The van der Waals surface area contributed by atoms with Crippen molar-refractivity contribution in [1.82, 2.24) is 10.2 Å². The lowest BCUT2D eigenvalue weighted by Gasteiger charge is -2.38. The van der Waals surface area contributed by atoms with E-state index >= 15 is 0 Å². The van der Waals surface area contributed by atoms with Crippen molar-refractivity contribution in [2.45, 2.75) is 46.1 Å². The van der Waals surface area contributed by atoms with Crippen LogP contribution in [0.15, 0.2) is 30.3 Å². The van der Waals surface area contributed by atoms with Gasteiger partial charge in [0.1, 0.15) is 0 Å². The summed E-state index contributed by atoms with van der Waals surface area (Å²) in [6.45, 7) is 7.53. The highest BCUT2D eigenvalue weighted by atomic mass is 16.2. The van der Waals surface area contributed by atoms with Gasteiger partial charge < -0.3 is 15.5 Å². The summed E-state index contributed by atoms with van der Waals surface area (Å²) in [4.78, 5) is 26.4. The molecule has 0 aromatic heterocycles. The number of carbonyl (C=O) groups is 2. The minimum Gasteiger partial charge on any atom is -0.336 e. The Morgan fingerprint density at radius 2 is 1.92 bits per heavy atom. The lowest BCUT2D eigenvalue weighted by molar-refractivity contribution is -0.117. The molecule has 132 valence electrons. The minimum absolute atomic E-state index is 0.00985. The zero-order valence-corrected chi connectivity index (χ0v) is 14.9. The molecule has 1 aliphatic rings. The number of nitrogens with zero attached hydrogens (tertiary/aromatic N) is 1. The summed E-state index contributed by atoms with van der Waals surface area (Å²) in [7, 11) is 0. The van der Waals surface area contributed by atoms with Crippen molar-refractivity contribution < 1.29 is 9.59 Å². The molecule has 5 heteroatoms. The van der Waals surface area contributed by atoms with Crippen molar-refractivity contribution in [2.75, 3.05) is 18.4 Å². The highest BCUT2D eigenvalue weighted by Gasteiger charge is 2.31. The molecule has 1 heterocycles. The Morgan fingerprint density at radius 1 is 1.21 bits per heavy atom. The zero-order valence-electron chi connectivity index (χ0n) is 14.9. The van der Waals surface area contributed by atoms with Gasteiger partial charge in [-0.15, -0.1) is 0 Å². The molecule has 5 nitrogen and oxygen atoms in total. The fraction of sp³-hybridized carbons (Fsp3) is 0.579. The van der Waals surface area contributed by atoms with Crippen LogP contribution in [0.2, 0.25) is 0 Å². The smallest absolute Gasteiger partial charge is 0.317 e. The maximum atomic E-state index is 12.3. The van der Waals surface area contributed by atoms with Crippen molar-refractivity contribution >= 4 is 17.6 Å². The molecule has 0 saturated carbocycles. The van der Waals surface area contributed by atoms with E-state index in [0.717, 1.165) is 31.6 Å². The molecule has 1 saturated heterocycles. The number of hydrogen-bond acceptors (Lipinski definition) is 2. The Kier molecular flexibility index (Phi) is 6.64. The van der Waals surface area contributed by atoms with Crippen LogP contribution < -0.4 is 10.6 Å². The fourth-order valence-corrected chi connectivity index (χ4v) is 3.31. The van der Waals surface area contributed by atoms with E-state index in [1.54, 1.807) is 0 Å². The topological polar surface area (TPSA) is 61.4 Å². The lowest BCUT2D eigenvalue weighted by atomic mass is 9.81. The number of nitrogens with one attached hydrogen (secondary N) is 2. The number of carbonyl (C=O) groups excluding carboxylic acids is 2. The summed E-state index contributed by atoms with van der Waals surface area (Å²) in [5.41, 5.74) is 0.837. The molecule has 2 atom stereocenters. The fourth-order valence-electron chi connectivity index (χ4n) is 3.31. The first-order valence-electron chi connectivity index (χ1n) is 8.90. The van der Waals surface area contributed by atoms with Gasteiger partial charge in [0.05, 0.1) is 0 Å². The number of likely N-dealkylation sites (tertiary alicyclic amines) is 1. The van der Waals surface area contributed by atoms with Crippen molar-refractivity contribution in [3.05, 3.63) is 30.3 Å². The molecule has 0 bridgehead atoms. The Bertz CT molecular complexity index is 545. The molecule has 24 heavy (non-hydrogen) atoms. The van der Waals surface area contributed by atoms with Crippen LogP contribution in [-0.2, 0) is 4.79 Å². The third-order valence-electron chi connectivity index (χ3n) is 4.62. The Labute approximate surface area is 144 Å². The Morgan fingerprint density at radius 3 is 2.54 bits per heavy atom. The van der Waals surface area contributed by atoms with E-state index in [0.29, 0.717) is 18.3 Å². The van der Waals surface area contributed by atoms with Gasteiger partial charge >= 0.3 is 6.03 Å². The molecule has 0 unspecified atom stereocenters. The number of hydrogen-bond donors (Lipinski definition) is 2. The molecule has 1 aliphatic heterocycles. The summed E-state index contributed by atoms with van der Waals surface area (Å²) in [6, 6.07) is 9.71. The van der Waals surface area contributed by atoms with Gasteiger partial charge in [0.25, 0.3) is 0 Å². The van der Waals surface area contributed by atoms with Crippen LogP contribution in [0.5, 0.6) is 0 Å². The van der Waals surface area contributed by atoms with E-state index in [2.05, 4.69) is 17.6 Å². The first-order valence-corrected chi connectivity index (χ1v) is 8.90. The zero-order chi connectivity index (χ0) is 17.5. The highest BCUT2D eigenvalue weighted by Crippen LogP contribution is 2.29. The monoisotopic (exact) mass is 331 g/mol. The maximum absolute atomic E-state index is 12.3. The van der Waals surface area contributed by atoms with E-state index < -0.39 is 0 Å². The van der Waals surface area contributed by atoms with Crippen molar-refractivity contribution in [1.29, 1.82) is 0 Å². The van der Waals surface area contributed by atoms with Gasteiger partial charge in [-0.25, -0.2) is 4.79 Å².